The van der Waals surface area contributed by atoms with Crippen molar-refractivity contribution in [3.05, 3.63) is 59.7 Å². The van der Waals surface area contributed by atoms with Crippen molar-refractivity contribution in [1.82, 2.24) is 4.90 Å². The Morgan fingerprint density at radius 3 is 2.46 bits per heavy atom. The second-order valence-corrected chi connectivity index (χ2v) is 7.89. The summed E-state index contributed by atoms with van der Waals surface area (Å²) in [5.41, 5.74) is 7.68. The summed E-state index contributed by atoms with van der Waals surface area (Å²) in [6.07, 6.45) is 0. The van der Waals surface area contributed by atoms with Crippen molar-refractivity contribution in [1.29, 1.82) is 0 Å². The average molecular weight is 375 g/mol. The molecule has 1 aliphatic rings. The van der Waals surface area contributed by atoms with Crippen molar-refractivity contribution in [2.45, 2.75) is 16.9 Å². The number of benzene rings is 2. The number of hydrogen-bond donors (Lipinski definition) is 2. The van der Waals surface area contributed by atoms with Gasteiger partial charge in [0.1, 0.15) is 5.75 Å². The first-order valence-corrected chi connectivity index (χ1v) is 9.66. The van der Waals surface area contributed by atoms with Crippen LogP contribution in [0.5, 0.6) is 5.75 Å². The summed E-state index contributed by atoms with van der Waals surface area (Å²) in [7, 11) is -2.18. The lowest BCUT2D eigenvalue weighted by Gasteiger charge is -2.17. The Kier molecular flexibility index (Phi) is 4.99. The fraction of sp³-hybridized carbons (Fsp3) is 0.278. The summed E-state index contributed by atoms with van der Waals surface area (Å²) in [4.78, 5) is 14.4. The van der Waals surface area contributed by atoms with Gasteiger partial charge < -0.3 is 15.4 Å². The number of rotatable bonds is 4. The van der Waals surface area contributed by atoms with E-state index in [-0.39, 0.29) is 22.8 Å². The number of nitrogens with zero attached hydrogens (tertiary/aromatic N) is 1. The summed E-state index contributed by atoms with van der Waals surface area (Å²) in [5.74, 6) is 0.572. The van der Waals surface area contributed by atoms with E-state index in [0.29, 0.717) is 18.7 Å². The molecule has 0 saturated carbocycles. The molecule has 2 aromatic rings. The maximum Gasteiger partial charge on any atom is 0.253 e. The molecule has 0 aromatic heterocycles. The van der Waals surface area contributed by atoms with Gasteiger partial charge in [0.05, 0.1) is 12.0 Å². The Balaban J connectivity index is 1.77. The number of methoxy groups -OCH3 is 1. The molecule has 3 rings (SSSR count). The van der Waals surface area contributed by atoms with E-state index in [9.17, 15) is 13.2 Å². The number of hydrogen-bond acceptors (Lipinski definition) is 5. The smallest absolute Gasteiger partial charge is 0.253 e. The van der Waals surface area contributed by atoms with E-state index in [0.717, 1.165) is 11.3 Å². The van der Waals surface area contributed by atoms with Crippen molar-refractivity contribution < 1.29 is 17.9 Å². The first-order valence-electron chi connectivity index (χ1n) is 8.11. The summed E-state index contributed by atoms with van der Waals surface area (Å²) < 4.78 is 27.9. The molecular formula is C18H21N3O4S. The van der Waals surface area contributed by atoms with E-state index in [2.05, 4.69) is 0 Å². The van der Waals surface area contributed by atoms with Gasteiger partial charge in [-0.15, -0.1) is 0 Å². The molecule has 1 saturated heterocycles. The highest BCUT2D eigenvalue weighted by molar-refractivity contribution is 7.89. The second-order valence-electron chi connectivity index (χ2n) is 6.33. The van der Waals surface area contributed by atoms with Gasteiger partial charge in [-0.25, -0.2) is 13.6 Å². The lowest BCUT2D eigenvalue weighted by atomic mass is 9.95. The molecule has 8 heteroatoms. The van der Waals surface area contributed by atoms with Gasteiger partial charge in [-0.2, -0.15) is 0 Å². The zero-order valence-corrected chi connectivity index (χ0v) is 15.1. The number of likely N-dealkylation sites (tertiary alicyclic amines) is 1. The molecule has 2 aromatic carbocycles. The van der Waals surface area contributed by atoms with Crippen LogP contribution in [-0.2, 0) is 10.0 Å². The number of ether oxygens (including phenoxy) is 1. The molecule has 0 spiro atoms. The fourth-order valence-electron chi connectivity index (χ4n) is 3.19. The van der Waals surface area contributed by atoms with Crippen LogP contribution in [0.3, 0.4) is 0 Å². The molecule has 0 bridgehead atoms. The molecule has 0 unspecified atom stereocenters. The predicted octanol–water partition coefficient (Wildman–Crippen LogP) is 0.910. The first kappa shape index (κ1) is 18.4. The van der Waals surface area contributed by atoms with Crippen LogP contribution in [0.15, 0.2) is 53.4 Å². The minimum absolute atomic E-state index is 0.0118. The van der Waals surface area contributed by atoms with Gasteiger partial charge in [-0.05, 0) is 42.0 Å². The molecule has 0 radical (unpaired) electrons. The number of primary sulfonamides is 1. The van der Waals surface area contributed by atoms with Crippen molar-refractivity contribution in [3.8, 4) is 5.75 Å². The number of amides is 1. The van der Waals surface area contributed by atoms with Gasteiger partial charge in [0, 0.05) is 30.6 Å². The maximum absolute atomic E-state index is 12.7. The van der Waals surface area contributed by atoms with Gasteiger partial charge in [0.15, 0.2) is 0 Å². The van der Waals surface area contributed by atoms with Crippen molar-refractivity contribution in [2.75, 3.05) is 20.2 Å². The molecule has 1 amide bonds. The Labute approximate surface area is 152 Å². The highest BCUT2D eigenvalue weighted by Crippen LogP contribution is 2.29. The Morgan fingerprint density at radius 1 is 1.15 bits per heavy atom. The highest BCUT2D eigenvalue weighted by atomic mass is 32.2. The third-order valence-corrected chi connectivity index (χ3v) is 5.53. The van der Waals surface area contributed by atoms with Gasteiger partial charge in [-0.1, -0.05) is 12.1 Å². The number of nitrogens with two attached hydrogens (primary N) is 2. The molecule has 4 N–H and O–H groups in total. The zero-order valence-electron chi connectivity index (χ0n) is 14.3. The summed E-state index contributed by atoms with van der Waals surface area (Å²) >= 11 is 0. The van der Waals surface area contributed by atoms with E-state index in [4.69, 9.17) is 15.6 Å². The predicted molar refractivity (Wildman–Crippen MR) is 97.4 cm³/mol. The summed E-state index contributed by atoms with van der Waals surface area (Å²) in [5, 5.41) is 5.08. The average Bonchev–Trinajstić information content (AvgIpc) is 3.02. The van der Waals surface area contributed by atoms with Crippen LogP contribution in [0.1, 0.15) is 21.8 Å². The number of carbonyl (C=O) groups excluding carboxylic acids is 1. The highest BCUT2D eigenvalue weighted by Gasteiger charge is 2.34. The molecule has 0 aliphatic carbocycles. The van der Waals surface area contributed by atoms with Crippen LogP contribution in [0.25, 0.3) is 0 Å². The Bertz CT molecular complexity index is 912. The Morgan fingerprint density at radius 2 is 1.85 bits per heavy atom. The molecule has 26 heavy (non-hydrogen) atoms. The normalized spacial score (nSPS) is 20.2. The van der Waals surface area contributed by atoms with Crippen LogP contribution < -0.4 is 15.6 Å². The molecular weight excluding hydrogens is 354 g/mol. The minimum atomic E-state index is -3.78. The minimum Gasteiger partial charge on any atom is -0.497 e. The van der Waals surface area contributed by atoms with Gasteiger partial charge in [0.2, 0.25) is 10.0 Å². The third-order valence-electron chi connectivity index (χ3n) is 4.60. The van der Waals surface area contributed by atoms with Crippen LogP contribution in [0.2, 0.25) is 0 Å². The lowest BCUT2D eigenvalue weighted by molar-refractivity contribution is 0.0789. The molecule has 7 nitrogen and oxygen atoms in total. The molecule has 2 atom stereocenters. The first-order chi connectivity index (χ1) is 12.3. The SMILES string of the molecule is COc1cccc([C@@H]2CN(C(=O)c3ccc(S(N)(=O)=O)cc3)C[C@H]2N)c1. The van der Waals surface area contributed by atoms with Gasteiger partial charge in [0.25, 0.3) is 5.91 Å². The van der Waals surface area contributed by atoms with Crippen LogP contribution in [0, 0.1) is 0 Å². The van der Waals surface area contributed by atoms with E-state index >= 15 is 0 Å². The van der Waals surface area contributed by atoms with Crippen molar-refractivity contribution >= 4 is 15.9 Å². The molecule has 1 aliphatic heterocycles. The standard InChI is InChI=1S/C18H21N3O4S/c1-25-14-4-2-3-13(9-14)16-10-21(11-17(16)19)18(22)12-5-7-15(8-6-12)26(20,23)24/h2-9,16-17H,10-11,19H2,1H3,(H2,20,23,24)/t16-,17+/m0/s1. The Hall–Kier alpha value is -2.42. The number of carbonyl (C=O) groups is 1. The van der Waals surface area contributed by atoms with E-state index < -0.39 is 10.0 Å². The molecule has 1 fully saturated rings. The molecule has 1 heterocycles. The van der Waals surface area contributed by atoms with Crippen LogP contribution >= 0.6 is 0 Å². The zero-order chi connectivity index (χ0) is 18.9. The monoisotopic (exact) mass is 375 g/mol. The van der Waals surface area contributed by atoms with E-state index in [1.807, 2.05) is 24.3 Å². The van der Waals surface area contributed by atoms with Crippen molar-refractivity contribution in [3.63, 3.8) is 0 Å². The van der Waals surface area contributed by atoms with Crippen molar-refractivity contribution in [2.24, 2.45) is 10.9 Å². The third kappa shape index (κ3) is 3.72. The fourth-order valence-corrected chi connectivity index (χ4v) is 3.70. The molecule has 138 valence electrons. The second kappa shape index (κ2) is 7.06. The van der Waals surface area contributed by atoms with Crippen LogP contribution in [0.4, 0.5) is 0 Å². The van der Waals surface area contributed by atoms with E-state index in [1.54, 1.807) is 12.0 Å². The summed E-state index contributed by atoms with van der Waals surface area (Å²) in [6.45, 7) is 0.918. The lowest BCUT2D eigenvalue weighted by Crippen LogP contribution is -2.32. The summed E-state index contributed by atoms with van der Waals surface area (Å²) in [6, 6.07) is 13.1. The van der Waals surface area contributed by atoms with Crippen LogP contribution in [-0.4, -0.2) is 45.5 Å². The maximum atomic E-state index is 12.7. The largest absolute Gasteiger partial charge is 0.497 e. The topological polar surface area (TPSA) is 116 Å². The van der Waals surface area contributed by atoms with Gasteiger partial charge in [-0.3, -0.25) is 4.79 Å². The number of sulfonamides is 1. The van der Waals surface area contributed by atoms with E-state index in [1.165, 1.54) is 24.3 Å². The van der Waals surface area contributed by atoms with Gasteiger partial charge >= 0.3 is 0 Å². The quantitative estimate of drug-likeness (QED) is 0.824.